The highest BCUT2D eigenvalue weighted by molar-refractivity contribution is 5.74. The van der Waals surface area contributed by atoms with Crippen molar-refractivity contribution in [2.45, 2.75) is 108 Å². The van der Waals surface area contributed by atoms with Gasteiger partial charge in [0.2, 0.25) is 17.8 Å². The summed E-state index contributed by atoms with van der Waals surface area (Å²) in [7, 11) is 0. The molecule has 290 valence electrons. The first kappa shape index (κ1) is 34.6. The Morgan fingerprint density at radius 1 is 0.815 bits per heavy atom. The lowest BCUT2D eigenvalue weighted by Gasteiger charge is -2.55. The zero-order valence-corrected chi connectivity index (χ0v) is 31.6. The first-order valence-electron chi connectivity index (χ1n) is 20.6. The zero-order chi connectivity index (χ0) is 37.4. The summed E-state index contributed by atoms with van der Waals surface area (Å²) >= 11 is 0. The third-order valence-electron chi connectivity index (χ3n) is 15.5. The molecule has 0 aromatic carbocycles. The third kappa shape index (κ3) is 5.30. The molecule has 2 aromatic rings. The van der Waals surface area contributed by atoms with Crippen LogP contribution in [0.1, 0.15) is 106 Å². The fourth-order valence-electron chi connectivity index (χ4n) is 12.1. The van der Waals surface area contributed by atoms with Crippen LogP contribution in [0.3, 0.4) is 0 Å². The number of nitrogens with two attached hydrogens (primary N) is 1. The molecule has 6 saturated heterocycles. The number of fused-ring (bicyclic) bond motifs is 6. The van der Waals surface area contributed by atoms with Gasteiger partial charge < -0.3 is 30.4 Å². The molecule has 0 spiro atoms. The molecule has 11 atom stereocenters. The van der Waals surface area contributed by atoms with Crippen molar-refractivity contribution in [3.05, 3.63) is 22.5 Å². The number of aromatic nitrogens is 4. The second-order valence-electron chi connectivity index (χ2n) is 18.4. The van der Waals surface area contributed by atoms with E-state index in [0.717, 1.165) is 69.2 Å². The van der Waals surface area contributed by atoms with Gasteiger partial charge in [-0.3, -0.25) is 9.59 Å². The molecule has 14 heteroatoms. The summed E-state index contributed by atoms with van der Waals surface area (Å²) in [6.45, 7) is 11.4. The van der Waals surface area contributed by atoms with Crippen LogP contribution >= 0.6 is 0 Å². The molecule has 4 aliphatic carbocycles. The molecule has 8 fully saturated rings. The number of piperidine rings is 4. The largest absolute Gasteiger partial charge is 0.481 e. The number of hydrogen-bond donors (Lipinski definition) is 2. The molecule has 6 aliphatic heterocycles. The van der Waals surface area contributed by atoms with Gasteiger partial charge >= 0.3 is 5.97 Å². The fourth-order valence-corrected chi connectivity index (χ4v) is 12.1. The van der Waals surface area contributed by atoms with Crippen LogP contribution in [0.2, 0.25) is 0 Å². The van der Waals surface area contributed by atoms with Gasteiger partial charge in [0.05, 0.1) is 5.69 Å². The highest BCUT2D eigenvalue weighted by Gasteiger charge is 2.53. The fraction of sp³-hybridized carbons (Fsp3) is 0.750. The summed E-state index contributed by atoms with van der Waals surface area (Å²) in [5.41, 5.74) is 8.41. The van der Waals surface area contributed by atoms with E-state index in [9.17, 15) is 14.7 Å². The molecular formula is C40H53F2N9O3. The van der Waals surface area contributed by atoms with Crippen LogP contribution in [0.25, 0.3) is 0 Å². The maximum atomic E-state index is 15.5. The number of aliphatic carboxylic acids is 1. The van der Waals surface area contributed by atoms with Crippen molar-refractivity contribution in [2.75, 3.05) is 58.9 Å². The molecule has 4 bridgehead atoms. The minimum atomic E-state index is -2.99. The maximum Gasteiger partial charge on any atom is 0.303 e. The monoisotopic (exact) mass is 745 g/mol. The van der Waals surface area contributed by atoms with E-state index in [4.69, 9.17) is 20.7 Å². The molecule has 12 rings (SSSR count). The molecule has 2 saturated carbocycles. The van der Waals surface area contributed by atoms with E-state index in [2.05, 4.69) is 45.4 Å². The first-order valence-corrected chi connectivity index (χ1v) is 20.6. The molecule has 1 amide bonds. The number of hydrogen-bond acceptors (Lipinski definition) is 10. The second kappa shape index (κ2) is 12.3. The smallest absolute Gasteiger partial charge is 0.303 e. The summed E-state index contributed by atoms with van der Waals surface area (Å²) in [5.74, 6) is 1.55. The number of halogens is 2. The van der Waals surface area contributed by atoms with E-state index in [1.807, 2.05) is 0 Å². The molecule has 3 N–H and O–H groups in total. The van der Waals surface area contributed by atoms with E-state index in [-0.39, 0.29) is 60.6 Å². The summed E-state index contributed by atoms with van der Waals surface area (Å²) in [6.07, 6.45) is 5.93. The highest BCUT2D eigenvalue weighted by Crippen LogP contribution is 2.55. The predicted octanol–water partition coefficient (Wildman–Crippen LogP) is 4.90. The van der Waals surface area contributed by atoms with Gasteiger partial charge in [-0.05, 0) is 99.7 Å². The average molecular weight is 746 g/mol. The van der Waals surface area contributed by atoms with Crippen molar-refractivity contribution in [3.63, 3.8) is 0 Å². The Hall–Kier alpha value is -3.84. The number of alkyl halides is 2. The Balaban J connectivity index is 0.953. The Morgan fingerprint density at radius 2 is 1.44 bits per heavy atom. The molecule has 2 aromatic heterocycles. The van der Waals surface area contributed by atoms with Crippen LogP contribution in [-0.2, 0) is 21.9 Å². The number of anilines is 4. The Morgan fingerprint density at radius 3 is 2.04 bits per heavy atom. The Labute approximate surface area is 315 Å². The molecule has 0 radical (unpaired) electrons. The number of amides is 1. The SMILES string of the molecule is C[C@H]1CCC(C2CN(c3nc(N4C[C@H]5C[C@@H](C4)C5CC(N)=O)c4c(n3)C(F)(F)CC4)[C@H]2C)c2c1nc(N1CC[C@@H]1C)nc2N1C[C@H]2C[C@@H](C1)C2CC(=O)O. The molecule has 4 unspecified atom stereocenters. The number of primary amides is 1. The van der Waals surface area contributed by atoms with Gasteiger partial charge in [0, 0.05) is 87.7 Å². The molecule has 10 aliphatic rings. The minimum Gasteiger partial charge on any atom is -0.481 e. The van der Waals surface area contributed by atoms with Gasteiger partial charge in [-0.25, -0.2) is 9.97 Å². The van der Waals surface area contributed by atoms with Crippen molar-refractivity contribution in [2.24, 2.45) is 47.2 Å². The Kier molecular flexibility index (Phi) is 7.91. The topological polar surface area (TPSA) is 145 Å². The third-order valence-corrected chi connectivity index (χ3v) is 15.5. The van der Waals surface area contributed by atoms with Gasteiger partial charge in [-0.15, -0.1) is 0 Å². The molecular weight excluding hydrogens is 692 g/mol. The Bertz CT molecular complexity index is 1870. The first-order chi connectivity index (χ1) is 25.8. The van der Waals surface area contributed by atoms with Crippen molar-refractivity contribution >= 4 is 35.4 Å². The number of carbonyl (C=O) groups is 2. The number of carboxylic acid groups (broad SMARTS) is 1. The van der Waals surface area contributed by atoms with Crippen LogP contribution in [0, 0.1) is 41.4 Å². The molecule has 8 heterocycles. The van der Waals surface area contributed by atoms with E-state index in [1.54, 1.807) is 0 Å². The van der Waals surface area contributed by atoms with Crippen molar-refractivity contribution in [1.29, 1.82) is 0 Å². The highest BCUT2D eigenvalue weighted by atomic mass is 19.3. The number of carbonyl (C=O) groups excluding carboxylic acids is 1. The van der Waals surface area contributed by atoms with Crippen LogP contribution in [0.4, 0.5) is 32.3 Å². The van der Waals surface area contributed by atoms with Crippen molar-refractivity contribution in [1.82, 2.24) is 19.9 Å². The number of carboxylic acids is 1. The van der Waals surface area contributed by atoms with Gasteiger partial charge in [0.1, 0.15) is 17.3 Å². The van der Waals surface area contributed by atoms with Gasteiger partial charge in [0.25, 0.3) is 5.92 Å². The standard InChI is InChI=1S/C40H53F2N9O3/c1-19-4-5-26(33-34(19)44-38(50-9-7-20(50)2)47-37(33)49-16-24-11-25(17-49)29(24)13-32(53)54)30-18-51(21(30)3)39-45-35-27(6-8-40(35,41)42)36(46-39)48-14-22-10-23(15-48)28(22)12-31(43)52/h19-26,28-30H,4-18H2,1-3H3,(H2,43,52)(H,53,54)/t19-,20-,21-,22-,23+,24-,25+,26?,28?,29?,30?/m0/s1. The van der Waals surface area contributed by atoms with Crippen LogP contribution in [-0.4, -0.2) is 88.3 Å². The van der Waals surface area contributed by atoms with Crippen molar-refractivity contribution < 1.29 is 23.5 Å². The quantitative estimate of drug-likeness (QED) is 0.362. The lowest BCUT2D eigenvalue weighted by molar-refractivity contribution is -0.141. The maximum absolute atomic E-state index is 15.5. The summed E-state index contributed by atoms with van der Waals surface area (Å²) in [4.78, 5) is 52.9. The summed E-state index contributed by atoms with van der Waals surface area (Å²) in [5, 5.41) is 9.58. The van der Waals surface area contributed by atoms with E-state index in [1.165, 1.54) is 5.56 Å². The minimum absolute atomic E-state index is 0.0320. The average Bonchev–Trinajstić information content (AvgIpc) is 3.45. The zero-order valence-electron chi connectivity index (χ0n) is 31.6. The van der Waals surface area contributed by atoms with Gasteiger partial charge in [-0.2, -0.15) is 18.7 Å². The lowest BCUT2D eigenvalue weighted by Crippen LogP contribution is -2.59. The van der Waals surface area contributed by atoms with Gasteiger partial charge in [-0.1, -0.05) is 6.92 Å². The number of rotatable bonds is 9. The van der Waals surface area contributed by atoms with Crippen LogP contribution in [0.15, 0.2) is 0 Å². The second-order valence-corrected chi connectivity index (χ2v) is 18.4. The lowest BCUT2D eigenvalue weighted by atomic mass is 9.60. The normalized spacial score (nSPS) is 37.0. The summed E-state index contributed by atoms with van der Waals surface area (Å²) in [6, 6.07) is 0.432. The van der Waals surface area contributed by atoms with Crippen LogP contribution < -0.4 is 25.3 Å². The number of nitrogens with zero attached hydrogens (tertiary/aromatic N) is 8. The summed E-state index contributed by atoms with van der Waals surface area (Å²) < 4.78 is 30.9. The van der Waals surface area contributed by atoms with E-state index < -0.39 is 11.9 Å². The van der Waals surface area contributed by atoms with Crippen molar-refractivity contribution in [3.8, 4) is 0 Å². The molecule has 54 heavy (non-hydrogen) atoms. The van der Waals surface area contributed by atoms with E-state index in [0.29, 0.717) is 79.0 Å². The van der Waals surface area contributed by atoms with E-state index >= 15 is 8.78 Å². The van der Waals surface area contributed by atoms with Gasteiger partial charge in [0.15, 0.2) is 0 Å². The predicted molar refractivity (Wildman–Crippen MR) is 199 cm³/mol. The van der Waals surface area contributed by atoms with Crippen LogP contribution in [0.5, 0.6) is 0 Å². The molecule has 12 nitrogen and oxygen atoms in total.